The number of pyridine rings is 1. The van der Waals surface area contributed by atoms with E-state index in [-0.39, 0.29) is 19.8 Å². The Bertz CT molecular complexity index is 1850. The van der Waals surface area contributed by atoms with Crippen molar-refractivity contribution in [2.45, 2.75) is 58.5 Å². The summed E-state index contributed by atoms with van der Waals surface area (Å²) in [4.78, 5) is 18.2. The monoisotopic (exact) mass is 698 g/mol. The summed E-state index contributed by atoms with van der Waals surface area (Å²) in [6, 6.07) is 19.6. The number of aliphatic hydroxyl groups is 1. The summed E-state index contributed by atoms with van der Waals surface area (Å²) in [5.41, 5.74) is 11.9. The van der Waals surface area contributed by atoms with E-state index in [2.05, 4.69) is 41.9 Å². The minimum atomic E-state index is -1.38. The molecule has 1 aliphatic rings. The van der Waals surface area contributed by atoms with Gasteiger partial charge in [-0.2, -0.15) is 5.26 Å². The van der Waals surface area contributed by atoms with Crippen molar-refractivity contribution < 1.29 is 28.8 Å². The van der Waals surface area contributed by atoms with Crippen molar-refractivity contribution in [3.8, 4) is 34.4 Å². The summed E-state index contributed by atoms with van der Waals surface area (Å²) in [5, 5.41) is 20.1. The fourth-order valence-corrected chi connectivity index (χ4v) is 6.37. The maximum atomic E-state index is 11.9. The van der Waals surface area contributed by atoms with Gasteiger partial charge < -0.3 is 34.7 Å². The van der Waals surface area contributed by atoms with Gasteiger partial charge in [-0.25, -0.2) is 4.79 Å². The average molecular weight is 699 g/mol. The minimum Gasteiger partial charge on any atom is -0.493 e. The van der Waals surface area contributed by atoms with E-state index in [0.29, 0.717) is 54.6 Å². The number of halogens is 1. The van der Waals surface area contributed by atoms with Crippen LogP contribution in [0.3, 0.4) is 0 Å². The highest BCUT2D eigenvalue weighted by Crippen LogP contribution is 2.36. The van der Waals surface area contributed by atoms with E-state index in [0.717, 1.165) is 57.7 Å². The first-order valence-corrected chi connectivity index (χ1v) is 17.0. The van der Waals surface area contributed by atoms with Crippen LogP contribution in [0.5, 0.6) is 17.2 Å². The number of hydrogen-bond acceptors (Lipinski definition) is 10. The highest BCUT2D eigenvalue weighted by molar-refractivity contribution is 6.32. The molecule has 0 atom stereocenters. The number of carbonyl (C=O) groups is 1. The number of hydrogen-bond donors (Lipinski definition) is 2. The van der Waals surface area contributed by atoms with Crippen molar-refractivity contribution >= 4 is 17.6 Å². The Kier molecular flexibility index (Phi) is 12.3. The Labute approximate surface area is 298 Å². The van der Waals surface area contributed by atoms with Crippen molar-refractivity contribution in [2.24, 2.45) is 5.73 Å². The predicted molar refractivity (Wildman–Crippen MR) is 191 cm³/mol. The van der Waals surface area contributed by atoms with Crippen molar-refractivity contribution in [2.75, 3.05) is 33.4 Å². The van der Waals surface area contributed by atoms with Gasteiger partial charge in [-0.15, -0.1) is 0 Å². The van der Waals surface area contributed by atoms with Gasteiger partial charge in [-0.05, 0) is 79.1 Å². The third kappa shape index (κ3) is 8.73. The van der Waals surface area contributed by atoms with Crippen molar-refractivity contribution in [1.82, 2.24) is 9.88 Å². The molecule has 1 aliphatic heterocycles. The molecule has 5 rings (SSSR count). The van der Waals surface area contributed by atoms with Gasteiger partial charge in [0, 0.05) is 55.8 Å². The molecule has 1 fully saturated rings. The van der Waals surface area contributed by atoms with E-state index in [4.69, 9.17) is 36.3 Å². The van der Waals surface area contributed by atoms with Crippen LogP contribution in [0.25, 0.3) is 11.1 Å². The molecular formula is C39H43ClN4O6. The number of piperidine rings is 1. The van der Waals surface area contributed by atoms with Crippen LogP contribution in [0.2, 0.25) is 5.02 Å². The summed E-state index contributed by atoms with van der Waals surface area (Å²) < 4.78 is 23.3. The van der Waals surface area contributed by atoms with Gasteiger partial charge in [-0.1, -0.05) is 41.9 Å². The first kappa shape index (κ1) is 36.6. The van der Waals surface area contributed by atoms with Crippen LogP contribution in [0.4, 0.5) is 0 Å². The first-order chi connectivity index (χ1) is 24.1. The molecule has 3 N–H and O–H groups in total. The lowest BCUT2D eigenvalue weighted by molar-refractivity contribution is -0.167. The molecular weight excluding hydrogens is 656 g/mol. The highest BCUT2D eigenvalue weighted by Gasteiger charge is 2.40. The van der Waals surface area contributed by atoms with Gasteiger partial charge in [0.1, 0.15) is 36.5 Å². The minimum absolute atomic E-state index is 0.210. The number of nitrogens with two attached hydrogens (primary N) is 1. The zero-order chi connectivity index (χ0) is 35.7. The van der Waals surface area contributed by atoms with Gasteiger partial charge in [-0.3, -0.25) is 4.98 Å². The quantitative estimate of drug-likeness (QED) is 0.114. The predicted octanol–water partition coefficient (Wildman–Crippen LogP) is 6.28. The zero-order valence-corrected chi connectivity index (χ0v) is 29.5. The van der Waals surface area contributed by atoms with E-state index in [1.807, 2.05) is 24.3 Å². The molecule has 1 saturated heterocycles. The molecule has 0 unspecified atom stereocenters. The fourth-order valence-electron chi connectivity index (χ4n) is 6.13. The first-order valence-electron chi connectivity index (χ1n) is 16.6. The summed E-state index contributed by atoms with van der Waals surface area (Å²) in [7, 11) is 1.31. The lowest BCUT2D eigenvalue weighted by atomic mass is 9.91. The molecule has 2 heterocycles. The number of nitriles is 1. The van der Waals surface area contributed by atoms with Crippen molar-refractivity contribution in [3.63, 3.8) is 0 Å². The van der Waals surface area contributed by atoms with E-state index in [1.165, 1.54) is 13.3 Å². The molecule has 50 heavy (non-hydrogen) atoms. The van der Waals surface area contributed by atoms with Gasteiger partial charge in [0.25, 0.3) is 0 Å². The van der Waals surface area contributed by atoms with Crippen LogP contribution < -0.4 is 19.9 Å². The Morgan fingerprint density at radius 1 is 0.960 bits per heavy atom. The van der Waals surface area contributed by atoms with E-state index >= 15 is 0 Å². The molecule has 1 aromatic heterocycles. The molecule has 3 aromatic carbocycles. The molecule has 0 saturated carbocycles. The molecule has 0 bridgehead atoms. The summed E-state index contributed by atoms with van der Waals surface area (Å²) in [6.45, 7) is 7.52. The second kappa shape index (κ2) is 16.8. The second-order valence-electron chi connectivity index (χ2n) is 12.5. The van der Waals surface area contributed by atoms with Crippen LogP contribution in [-0.2, 0) is 29.3 Å². The topological polar surface area (TPSA) is 140 Å². The number of nitrogens with zero attached hydrogens (tertiary/aromatic N) is 3. The van der Waals surface area contributed by atoms with Gasteiger partial charge >= 0.3 is 5.97 Å². The standard InChI is InChI=1S/C39H43ClN4O6/c1-26-30(25-50-37-19-36(31(21-42)18-34(37)40)49-24-29-17-28(20-41)22-43-23-29)7-4-8-32(26)33-9-5-10-35(27(33)2)48-16-6-13-44-14-11-39(46,12-15-44)38(45)47-3/h4-5,7-10,17-19,22-23,46H,6,11-16,21,24-25,42H2,1-3H3. The Balaban J connectivity index is 1.21. The van der Waals surface area contributed by atoms with Crippen LogP contribution in [0.1, 0.15) is 52.6 Å². The number of benzene rings is 3. The van der Waals surface area contributed by atoms with Crippen molar-refractivity contribution in [1.29, 1.82) is 5.26 Å². The lowest BCUT2D eigenvalue weighted by Crippen LogP contribution is -2.50. The largest absolute Gasteiger partial charge is 0.493 e. The Hall–Kier alpha value is -4.66. The second-order valence-corrected chi connectivity index (χ2v) is 12.9. The lowest BCUT2D eigenvalue weighted by Gasteiger charge is -2.36. The molecule has 11 heteroatoms. The van der Waals surface area contributed by atoms with Gasteiger partial charge in [0.2, 0.25) is 0 Å². The number of esters is 1. The maximum Gasteiger partial charge on any atom is 0.337 e. The van der Waals surface area contributed by atoms with Crippen LogP contribution in [0.15, 0.2) is 67.0 Å². The molecule has 0 radical (unpaired) electrons. The Morgan fingerprint density at radius 2 is 1.68 bits per heavy atom. The summed E-state index contributed by atoms with van der Waals surface area (Å²) >= 11 is 6.61. The molecule has 10 nitrogen and oxygen atoms in total. The number of carbonyl (C=O) groups excluding carboxylic acids is 1. The van der Waals surface area contributed by atoms with Crippen LogP contribution in [0, 0.1) is 25.2 Å². The summed E-state index contributed by atoms with van der Waals surface area (Å²) in [6.07, 6.45) is 4.71. The number of methoxy groups -OCH3 is 1. The van der Waals surface area contributed by atoms with E-state index in [1.54, 1.807) is 24.4 Å². The molecule has 262 valence electrons. The number of ether oxygens (including phenoxy) is 4. The highest BCUT2D eigenvalue weighted by atomic mass is 35.5. The van der Waals surface area contributed by atoms with Gasteiger partial charge in [0.15, 0.2) is 5.60 Å². The van der Waals surface area contributed by atoms with Crippen LogP contribution in [-0.4, -0.2) is 59.9 Å². The average Bonchev–Trinajstić information content (AvgIpc) is 3.13. The maximum absolute atomic E-state index is 11.9. The molecule has 4 aromatic rings. The zero-order valence-electron chi connectivity index (χ0n) is 28.7. The van der Waals surface area contributed by atoms with Crippen molar-refractivity contribution in [3.05, 3.63) is 105 Å². The van der Waals surface area contributed by atoms with E-state index in [9.17, 15) is 15.2 Å². The third-order valence-electron chi connectivity index (χ3n) is 9.18. The Morgan fingerprint density at radius 3 is 2.40 bits per heavy atom. The normalized spacial score (nSPS) is 14.1. The fraction of sp³-hybridized carbons (Fsp3) is 0.359. The number of rotatable bonds is 14. The number of likely N-dealkylation sites (tertiary alicyclic amines) is 1. The third-order valence-corrected chi connectivity index (χ3v) is 9.48. The summed E-state index contributed by atoms with van der Waals surface area (Å²) in [5.74, 6) is 1.30. The smallest absolute Gasteiger partial charge is 0.337 e. The molecule has 0 aliphatic carbocycles. The van der Waals surface area contributed by atoms with Gasteiger partial charge in [0.05, 0.1) is 24.3 Å². The SMILES string of the molecule is COC(=O)C1(O)CCN(CCCOc2cccc(-c3cccc(COc4cc(OCc5cncc(C#N)c5)c(CN)cc4Cl)c3C)c2C)CC1. The van der Waals surface area contributed by atoms with Crippen LogP contribution >= 0.6 is 11.6 Å². The van der Waals surface area contributed by atoms with E-state index < -0.39 is 11.6 Å². The molecule has 0 amide bonds. The number of aromatic nitrogens is 1. The molecule has 0 spiro atoms.